The molecule has 116 valence electrons. The van der Waals surface area contributed by atoms with E-state index in [4.69, 9.17) is 11.5 Å². The molecular weight excluding hydrogens is 234 g/mol. The van der Waals surface area contributed by atoms with Crippen LogP contribution in [0.15, 0.2) is 0 Å². The van der Waals surface area contributed by atoms with Gasteiger partial charge in [-0.1, -0.05) is 58.3 Å². The largest absolute Gasteiger partial charge is 0.330 e. The third-order valence-corrected chi connectivity index (χ3v) is 3.74. The molecular formula is C16H37N3. The maximum atomic E-state index is 5.67. The molecule has 0 bridgehead atoms. The van der Waals surface area contributed by atoms with Crippen molar-refractivity contribution in [3.05, 3.63) is 0 Å². The Morgan fingerprint density at radius 2 is 1.37 bits per heavy atom. The van der Waals surface area contributed by atoms with Crippen molar-refractivity contribution in [2.24, 2.45) is 11.5 Å². The lowest BCUT2D eigenvalue weighted by Crippen LogP contribution is -2.32. The fourth-order valence-electron chi connectivity index (χ4n) is 2.48. The zero-order chi connectivity index (χ0) is 14.2. The van der Waals surface area contributed by atoms with E-state index < -0.39 is 0 Å². The minimum atomic E-state index is 0.608. The predicted octanol–water partition coefficient (Wildman–Crippen LogP) is 3.17. The van der Waals surface area contributed by atoms with Gasteiger partial charge in [-0.2, -0.15) is 0 Å². The third kappa shape index (κ3) is 14.1. The Hall–Kier alpha value is -0.120. The molecule has 0 spiro atoms. The fourth-order valence-corrected chi connectivity index (χ4v) is 2.48. The van der Waals surface area contributed by atoms with Crippen molar-refractivity contribution in [2.75, 3.05) is 19.6 Å². The summed E-state index contributed by atoms with van der Waals surface area (Å²) in [4.78, 5) is 0. The maximum absolute atomic E-state index is 5.67. The molecule has 0 fully saturated rings. The highest BCUT2D eigenvalue weighted by molar-refractivity contribution is 4.67. The maximum Gasteiger partial charge on any atom is 0.00790 e. The molecule has 1 unspecified atom stereocenters. The van der Waals surface area contributed by atoms with E-state index in [1.165, 1.54) is 57.8 Å². The first kappa shape index (κ1) is 18.9. The van der Waals surface area contributed by atoms with E-state index in [0.717, 1.165) is 32.5 Å². The van der Waals surface area contributed by atoms with Crippen LogP contribution in [0.25, 0.3) is 0 Å². The highest BCUT2D eigenvalue weighted by atomic mass is 14.9. The molecule has 0 radical (unpaired) electrons. The number of hydrogen-bond donors (Lipinski definition) is 3. The highest BCUT2D eigenvalue weighted by Gasteiger charge is 2.06. The average molecular weight is 271 g/mol. The lowest BCUT2D eigenvalue weighted by molar-refractivity contribution is 0.431. The van der Waals surface area contributed by atoms with Crippen molar-refractivity contribution in [2.45, 2.75) is 83.6 Å². The van der Waals surface area contributed by atoms with Crippen molar-refractivity contribution in [3.8, 4) is 0 Å². The van der Waals surface area contributed by atoms with E-state index in [1.54, 1.807) is 0 Å². The standard InChI is InChI=1S/C16H37N3/c1-2-3-4-5-6-7-8-9-11-16(12-14-18)19-15-10-13-17/h16,19H,2-15,17-18H2,1H3. The third-order valence-electron chi connectivity index (χ3n) is 3.74. The first-order valence-electron chi connectivity index (χ1n) is 8.48. The molecule has 0 saturated heterocycles. The summed E-state index contributed by atoms with van der Waals surface area (Å²) in [5.74, 6) is 0. The summed E-state index contributed by atoms with van der Waals surface area (Å²) in [6, 6.07) is 0.608. The SMILES string of the molecule is CCCCCCCCCCC(CCN)NCCCN. The molecule has 0 aromatic carbocycles. The van der Waals surface area contributed by atoms with Crippen LogP contribution in [0.2, 0.25) is 0 Å². The summed E-state index contributed by atoms with van der Waals surface area (Å²) < 4.78 is 0. The smallest absolute Gasteiger partial charge is 0.00790 e. The molecule has 0 aliphatic heterocycles. The molecule has 19 heavy (non-hydrogen) atoms. The van der Waals surface area contributed by atoms with Crippen LogP contribution in [-0.4, -0.2) is 25.7 Å². The second-order valence-electron chi connectivity index (χ2n) is 5.63. The normalized spacial score (nSPS) is 12.8. The van der Waals surface area contributed by atoms with Crippen LogP contribution in [0.5, 0.6) is 0 Å². The second-order valence-corrected chi connectivity index (χ2v) is 5.63. The van der Waals surface area contributed by atoms with Crippen LogP contribution in [-0.2, 0) is 0 Å². The molecule has 0 aliphatic carbocycles. The lowest BCUT2D eigenvalue weighted by atomic mass is 10.0. The number of nitrogens with one attached hydrogen (secondary N) is 1. The second kappa shape index (κ2) is 15.9. The van der Waals surface area contributed by atoms with E-state index in [-0.39, 0.29) is 0 Å². The molecule has 0 aromatic heterocycles. The van der Waals surface area contributed by atoms with Gasteiger partial charge in [-0.3, -0.25) is 0 Å². The predicted molar refractivity (Wildman–Crippen MR) is 86.4 cm³/mol. The van der Waals surface area contributed by atoms with Gasteiger partial charge in [-0.25, -0.2) is 0 Å². The van der Waals surface area contributed by atoms with Gasteiger partial charge in [0.1, 0.15) is 0 Å². The van der Waals surface area contributed by atoms with E-state index in [0.29, 0.717) is 6.04 Å². The van der Waals surface area contributed by atoms with Crippen LogP contribution in [0.3, 0.4) is 0 Å². The number of rotatable bonds is 15. The van der Waals surface area contributed by atoms with Gasteiger partial charge >= 0.3 is 0 Å². The molecule has 5 N–H and O–H groups in total. The van der Waals surface area contributed by atoms with Crippen LogP contribution < -0.4 is 16.8 Å². The van der Waals surface area contributed by atoms with E-state index in [9.17, 15) is 0 Å². The van der Waals surface area contributed by atoms with Gasteiger partial charge in [-0.15, -0.1) is 0 Å². The minimum Gasteiger partial charge on any atom is -0.330 e. The lowest BCUT2D eigenvalue weighted by Gasteiger charge is -2.17. The molecule has 1 atom stereocenters. The molecule has 3 nitrogen and oxygen atoms in total. The van der Waals surface area contributed by atoms with Gasteiger partial charge in [0.25, 0.3) is 0 Å². The first-order chi connectivity index (χ1) is 9.35. The van der Waals surface area contributed by atoms with Crippen molar-refractivity contribution in [1.82, 2.24) is 5.32 Å². The number of hydrogen-bond acceptors (Lipinski definition) is 3. The fraction of sp³-hybridized carbons (Fsp3) is 1.00. The van der Waals surface area contributed by atoms with Gasteiger partial charge in [0.05, 0.1) is 0 Å². The van der Waals surface area contributed by atoms with Crippen LogP contribution in [0.4, 0.5) is 0 Å². The Labute approximate surface area is 120 Å². The summed E-state index contributed by atoms with van der Waals surface area (Å²) in [6.45, 7) is 4.88. The Bertz CT molecular complexity index is 162. The van der Waals surface area contributed by atoms with Gasteiger partial charge in [0.2, 0.25) is 0 Å². The molecule has 0 rings (SSSR count). The monoisotopic (exact) mass is 271 g/mol. The topological polar surface area (TPSA) is 64.1 Å². The van der Waals surface area contributed by atoms with E-state index >= 15 is 0 Å². The van der Waals surface area contributed by atoms with Crippen LogP contribution in [0, 0.1) is 0 Å². The zero-order valence-electron chi connectivity index (χ0n) is 13.1. The van der Waals surface area contributed by atoms with Gasteiger partial charge < -0.3 is 16.8 Å². The van der Waals surface area contributed by atoms with Crippen molar-refractivity contribution < 1.29 is 0 Å². The number of nitrogens with two attached hydrogens (primary N) is 2. The Morgan fingerprint density at radius 3 is 1.95 bits per heavy atom. The van der Waals surface area contributed by atoms with Gasteiger partial charge in [0, 0.05) is 6.04 Å². The minimum absolute atomic E-state index is 0.608. The van der Waals surface area contributed by atoms with E-state index in [2.05, 4.69) is 12.2 Å². The summed E-state index contributed by atoms with van der Waals surface area (Å²) in [5, 5.41) is 3.58. The van der Waals surface area contributed by atoms with E-state index in [1.807, 2.05) is 0 Å². The summed E-state index contributed by atoms with van der Waals surface area (Å²) in [7, 11) is 0. The Kier molecular flexibility index (Phi) is 15.8. The number of unbranched alkanes of at least 4 members (excludes halogenated alkanes) is 7. The Morgan fingerprint density at radius 1 is 0.737 bits per heavy atom. The molecule has 0 aromatic rings. The van der Waals surface area contributed by atoms with Gasteiger partial charge in [-0.05, 0) is 38.9 Å². The molecule has 3 heteroatoms. The zero-order valence-corrected chi connectivity index (χ0v) is 13.1. The van der Waals surface area contributed by atoms with Crippen LogP contribution in [0.1, 0.15) is 77.6 Å². The highest BCUT2D eigenvalue weighted by Crippen LogP contribution is 2.11. The molecule has 0 amide bonds. The molecule has 0 heterocycles. The molecule has 0 aliphatic rings. The summed E-state index contributed by atoms with van der Waals surface area (Å²) in [6.07, 6.45) is 14.6. The Balaban J connectivity index is 3.36. The van der Waals surface area contributed by atoms with Gasteiger partial charge in [0.15, 0.2) is 0 Å². The summed E-state index contributed by atoms with van der Waals surface area (Å²) in [5.41, 5.74) is 11.2. The van der Waals surface area contributed by atoms with Crippen molar-refractivity contribution >= 4 is 0 Å². The summed E-state index contributed by atoms with van der Waals surface area (Å²) >= 11 is 0. The first-order valence-corrected chi connectivity index (χ1v) is 8.48. The van der Waals surface area contributed by atoms with Crippen LogP contribution >= 0.6 is 0 Å². The van der Waals surface area contributed by atoms with Crippen molar-refractivity contribution in [3.63, 3.8) is 0 Å². The average Bonchev–Trinajstić information content (AvgIpc) is 2.42. The quantitative estimate of drug-likeness (QED) is 0.401. The molecule has 0 saturated carbocycles. The van der Waals surface area contributed by atoms with Crippen molar-refractivity contribution in [1.29, 1.82) is 0 Å².